The minimum absolute atomic E-state index is 0.00961. The first kappa shape index (κ1) is 19.1. The Kier molecular flexibility index (Phi) is 6.26. The molecule has 0 spiro atoms. The van der Waals surface area contributed by atoms with Crippen molar-refractivity contribution in [3.05, 3.63) is 53.9 Å². The standard InChI is InChI=1S/C20H26N4O3/c1-15-5-3-6-16(13-15)22-20(26)19(25)21-14-18(17-7-4-8-23(17)2)24-9-11-27-12-10-24/h3-8,13,18H,9-12,14H2,1-2H3,(H,21,25)(H,22,26). The Hall–Kier alpha value is -2.64. The monoisotopic (exact) mass is 370 g/mol. The van der Waals surface area contributed by atoms with Crippen molar-refractivity contribution in [1.82, 2.24) is 14.8 Å². The van der Waals surface area contributed by atoms with Gasteiger partial charge in [-0.3, -0.25) is 14.5 Å². The van der Waals surface area contributed by atoms with Crippen molar-refractivity contribution in [1.29, 1.82) is 0 Å². The van der Waals surface area contributed by atoms with Crippen molar-refractivity contribution < 1.29 is 14.3 Å². The zero-order valence-corrected chi connectivity index (χ0v) is 15.8. The van der Waals surface area contributed by atoms with Crippen LogP contribution in [0.2, 0.25) is 0 Å². The van der Waals surface area contributed by atoms with Gasteiger partial charge in [-0.25, -0.2) is 0 Å². The first-order valence-corrected chi connectivity index (χ1v) is 9.13. The number of carbonyl (C=O) groups is 2. The third-order valence-corrected chi connectivity index (χ3v) is 4.75. The van der Waals surface area contributed by atoms with E-state index >= 15 is 0 Å². The summed E-state index contributed by atoms with van der Waals surface area (Å²) in [6.07, 6.45) is 1.98. The summed E-state index contributed by atoms with van der Waals surface area (Å²) in [7, 11) is 1.98. The zero-order valence-electron chi connectivity index (χ0n) is 15.8. The number of anilines is 1. The third kappa shape index (κ3) is 4.96. The highest BCUT2D eigenvalue weighted by atomic mass is 16.5. The SMILES string of the molecule is Cc1cccc(NC(=O)C(=O)NCC(c2cccn2C)N2CCOCC2)c1. The van der Waals surface area contributed by atoms with Gasteiger partial charge in [0.2, 0.25) is 0 Å². The van der Waals surface area contributed by atoms with Gasteiger partial charge in [0.25, 0.3) is 0 Å². The molecule has 1 unspecified atom stereocenters. The first-order valence-electron chi connectivity index (χ1n) is 9.13. The van der Waals surface area contributed by atoms with Crippen LogP contribution in [0.5, 0.6) is 0 Å². The number of hydrogen-bond acceptors (Lipinski definition) is 4. The Bertz CT molecular complexity index is 796. The maximum atomic E-state index is 12.3. The number of aryl methyl sites for hydroxylation is 2. The van der Waals surface area contributed by atoms with Gasteiger partial charge in [-0.05, 0) is 36.8 Å². The number of aromatic nitrogens is 1. The Morgan fingerprint density at radius 2 is 1.93 bits per heavy atom. The zero-order chi connectivity index (χ0) is 19.2. The predicted molar refractivity (Wildman–Crippen MR) is 103 cm³/mol. The molecule has 27 heavy (non-hydrogen) atoms. The summed E-state index contributed by atoms with van der Waals surface area (Å²) in [4.78, 5) is 26.8. The predicted octanol–water partition coefficient (Wildman–Crippen LogP) is 1.46. The Labute approximate surface area is 159 Å². The van der Waals surface area contributed by atoms with Crippen LogP contribution in [0.3, 0.4) is 0 Å². The summed E-state index contributed by atoms with van der Waals surface area (Å²) in [5, 5.41) is 5.43. The van der Waals surface area contributed by atoms with Crippen LogP contribution in [0.4, 0.5) is 5.69 Å². The largest absolute Gasteiger partial charge is 0.379 e. The summed E-state index contributed by atoms with van der Waals surface area (Å²) >= 11 is 0. The molecule has 1 atom stereocenters. The highest BCUT2D eigenvalue weighted by Crippen LogP contribution is 2.21. The van der Waals surface area contributed by atoms with Gasteiger partial charge in [-0.15, -0.1) is 0 Å². The van der Waals surface area contributed by atoms with Gasteiger partial charge in [0, 0.05) is 44.3 Å². The van der Waals surface area contributed by atoms with Gasteiger partial charge in [0.05, 0.1) is 19.3 Å². The molecule has 7 heteroatoms. The van der Waals surface area contributed by atoms with Gasteiger partial charge < -0.3 is 19.9 Å². The van der Waals surface area contributed by atoms with E-state index in [1.54, 1.807) is 6.07 Å². The Balaban J connectivity index is 1.63. The number of amides is 2. The van der Waals surface area contributed by atoms with Crippen molar-refractivity contribution in [3.8, 4) is 0 Å². The number of morpholine rings is 1. The van der Waals surface area contributed by atoms with E-state index in [0.717, 1.165) is 24.3 Å². The van der Waals surface area contributed by atoms with Gasteiger partial charge in [0.1, 0.15) is 0 Å². The second-order valence-corrected chi connectivity index (χ2v) is 6.74. The molecular weight excluding hydrogens is 344 g/mol. The van der Waals surface area contributed by atoms with Gasteiger partial charge in [0.15, 0.2) is 0 Å². The number of nitrogens with zero attached hydrogens (tertiary/aromatic N) is 2. The van der Waals surface area contributed by atoms with Crippen LogP contribution in [0.25, 0.3) is 0 Å². The molecule has 7 nitrogen and oxygen atoms in total. The molecule has 2 heterocycles. The molecule has 0 aliphatic carbocycles. The van der Waals surface area contributed by atoms with E-state index in [0.29, 0.717) is 25.4 Å². The quantitative estimate of drug-likeness (QED) is 0.782. The molecule has 0 saturated carbocycles. The molecule has 144 valence electrons. The lowest BCUT2D eigenvalue weighted by Gasteiger charge is -2.34. The normalized spacial score (nSPS) is 15.9. The van der Waals surface area contributed by atoms with Crippen LogP contribution in [-0.4, -0.2) is 54.1 Å². The molecule has 1 aromatic carbocycles. The van der Waals surface area contributed by atoms with Gasteiger partial charge >= 0.3 is 11.8 Å². The lowest BCUT2D eigenvalue weighted by Crippen LogP contribution is -2.46. The van der Waals surface area contributed by atoms with Crippen LogP contribution in [-0.2, 0) is 21.4 Å². The number of hydrogen-bond donors (Lipinski definition) is 2. The van der Waals surface area contributed by atoms with E-state index in [4.69, 9.17) is 4.74 Å². The number of ether oxygens (including phenoxy) is 1. The average molecular weight is 370 g/mol. The van der Waals surface area contributed by atoms with Gasteiger partial charge in [-0.1, -0.05) is 12.1 Å². The minimum Gasteiger partial charge on any atom is -0.379 e. The fraction of sp³-hybridized carbons (Fsp3) is 0.400. The third-order valence-electron chi connectivity index (χ3n) is 4.75. The van der Waals surface area contributed by atoms with Crippen LogP contribution < -0.4 is 10.6 Å². The summed E-state index contributed by atoms with van der Waals surface area (Å²) in [5.74, 6) is -1.29. The lowest BCUT2D eigenvalue weighted by molar-refractivity contribution is -0.136. The molecule has 0 bridgehead atoms. The second kappa shape index (κ2) is 8.83. The van der Waals surface area contributed by atoms with E-state index in [1.807, 2.05) is 55.1 Å². The molecule has 1 saturated heterocycles. The summed E-state index contributed by atoms with van der Waals surface area (Å²) < 4.78 is 7.48. The fourth-order valence-electron chi connectivity index (χ4n) is 3.31. The van der Waals surface area contributed by atoms with Crippen molar-refractivity contribution >= 4 is 17.5 Å². The highest BCUT2D eigenvalue weighted by Gasteiger charge is 2.26. The van der Waals surface area contributed by atoms with Crippen molar-refractivity contribution in [2.24, 2.45) is 7.05 Å². The summed E-state index contributed by atoms with van der Waals surface area (Å²) in [5.41, 5.74) is 2.72. The van der Waals surface area contributed by atoms with Crippen molar-refractivity contribution in [2.75, 3.05) is 38.2 Å². The fourth-order valence-corrected chi connectivity index (χ4v) is 3.31. The summed E-state index contributed by atoms with van der Waals surface area (Å²) in [6, 6.07) is 11.4. The molecule has 1 fully saturated rings. The summed E-state index contributed by atoms with van der Waals surface area (Å²) in [6.45, 7) is 5.22. The molecule has 1 aliphatic heterocycles. The maximum absolute atomic E-state index is 12.3. The van der Waals surface area contributed by atoms with Gasteiger partial charge in [-0.2, -0.15) is 0 Å². The van der Waals surface area contributed by atoms with Crippen LogP contribution in [0, 0.1) is 6.92 Å². The molecule has 3 rings (SSSR count). The van der Waals surface area contributed by atoms with Crippen LogP contribution >= 0.6 is 0 Å². The molecule has 2 aromatic rings. The average Bonchev–Trinajstić information content (AvgIpc) is 3.08. The Morgan fingerprint density at radius 1 is 1.15 bits per heavy atom. The molecule has 0 radical (unpaired) electrons. The maximum Gasteiger partial charge on any atom is 0.313 e. The van der Waals surface area contributed by atoms with E-state index in [2.05, 4.69) is 15.5 Å². The van der Waals surface area contributed by atoms with E-state index in [9.17, 15) is 9.59 Å². The number of nitrogens with one attached hydrogen (secondary N) is 2. The van der Waals surface area contributed by atoms with E-state index in [1.165, 1.54) is 0 Å². The molecule has 2 N–H and O–H groups in total. The molecule has 2 amide bonds. The smallest absolute Gasteiger partial charge is 0.313 e. The van der Waals surface area contributed by atoms with E-state index in [-0.39, 0.29) is 6.04 Å². The van der Waals surface area contributed by atoms with Crippen molar-refractivity contribution in [2.45, 2.75) is 13.0 Å². The second-order valence-electron chi connectivity index (χ2n) is 6.74. The molecule has 1 aromatic heterocycles. The number of rotatable bonds is 5. The highest BCUT2D eigenvalue weighted by molar-refractivity contribution is 6.39. The Morgan fingerprint density at radius 3 is 2.59 bits per heavy atom. The van der Waals surface area contributed by atoms with Crippen LogP contribution in [0.1, 0.15) is 17.3 Å². The van der Waals surface area contributed by atoms with Crippen molar-refractivity contribution in [3.63, 3.8) is 0 Å². The number of benzene rings is 1. The van der Waals surface area contributed by atoms with Crippen LogP contribution in [0.15, 0.2) is 42.6 Å². The molecule has 1 aliphatic rings. The number of carbonyl (C=O) groups excluding carboxylic acids is 2. The lowest BCUT2D eigenvalue weighted by atomic mass is 10.1. The molecular formula is C20H26N4O3. The van der Waals surface area contributed by atoms with E-state index < -0.39 is 11.8 Å². The first-order chi connectivity index (χ1) is 13.0. The topological polar surface area (TPSA) is 75.6 Å². The minimum atomic E-state index is -0.659.